The van der Waals surface area contributed by atoms with Gasteiger partial charge in [0.2, 0.25) is 5.91 Å². The first-order chi connectivity index (χ1) is 11.7. The zero-order valence-corrected chi connectivity index (χ0v) is 15.0. The van der Waals surface area contributed by atoms with Crippen LogP contribution in [0.15, 0.2) is 24.3 Å². The lowest BCUT2D eigenvalue weighted by molar-refractivity contribution is -0.116. The maximum atomic E-state index is 12.2. The van der Waals surface area contributed by atoms with Crippen LogP contribution in [0, 0.1) is 11.3 Å². The molecule has 5 heteroatoms. The number of hydrogen-bond acceptors (Lipinski definition) is 3. The van der Waals surface area contributed by atoms with Gasteiger partial charge >= 0.3 is 0 Å². The number of aryl methyl sites for hydroxylation is 2. The van der Waals surface area contributed by atoms with E-state index in [0.717, 1.165) is 47.7 Å². The molecule has 2 aromatic rings. The van der Waals surface area contributed by atoms with E-state index in [1.165, 1.54) is 16.9 Å². The molecule has 1 amide bonds. The summed E-state index contributed by atoms with van der Waals surface area (Å²) in [4.78, 5) is 13.5. The first-order valence-corrected chi connectivity index (χ1v) is 9.46. The maximum absolute atomic E-state index is 12.2. The molecule has 0 unspecified atom stereocenters. The minimum Gasteiger partial charge on any atom is -0.317 e. The third kappa shape index (κ3) is 3.98. The van der Waals surface area contributed by atoms with Crippen LogP contribution in [0.5, 0.6) is 0 Å². The van der Waals surface area contributed by atoms with Crippen molar-refractivity contribution >= 4 is 33.8 Å². The molecule has 0 bridgehead atoms. The Hall–Kier alpha value is -1.83. The van der Waals surface area contributed by atoms with Gasteiger partial charge in [-0.05, 0) is 61.8 Å². The van der Waals surface area contributed by atoms with Gasteiger partial charge in [-0.25, -0.2) is 0 Å². The van der Waals surface area contributed by atoms with E-state index >= 15 is 0 Å². The van der Waals surface area contributed by atoms with Gasteiger partial charge in [0.15, 0.2) is 0 Å². The Morgan fingerprint density at radius 1 is 1.25 bits per heavy atom. The van der Waals surface area contributed by atoms with Crippen LogP contribution in [0.4, 0.5) is 5.00 Å². The van der Waals surface area contributed by atoms with E-state index in [2.05, 4.69) is 11.4 Å². The molecular formula is C19H19ClN2OS. The summed E-state index contributed by atoms with van der Waals surface area (Å²) in [6.45, 7) is 0. The number of nitrogens with zero attached hydrogens (tertiary/aromatic N) is 1. The van der Waals surface area contributed by atoms with Crippen molar-refractivity contribution in [2.45, 2.75) is 44.9 Å². The lowest BCUT2D eigenvalue weighted by Crippen LogP contribution is -2.11. The first-order valence-electron chi connectivity index (χ1n) is 8.26. The van der Waals surface area contributed by atoms with E-state index in [0.29, 0.717) is 12.0 Å². The molecular weight excluding hydrogens is 340 g/mol. The summed E-state index contributed by atoms with van der Waals surface area (Å²) < 4.78 is 0. The molecule has 0 aliphatic heterocycles. The third-order valence-corrected chi connectivity index (χ3v) is 5.78. The molecule has 124 valence electrons. The second-order valence-corrected chi connectivity index (χ2v) is 7.60. The van der Waals surface area contributed by atoms with Crippen LogP contribution in [0.25, 0.3) is 0 Å². The van der Waals surface area contributed by atoms with Crippen molar-refractivity contribution < 1.29 is 4.79 Å². The summed E-state index contributed by atoms with van der Waals surface area (Å²) in [5.41, 5.74) is 3.02. The first kappa shape index (κ1) is 17.0. The minimum absolute atomic E-state index is 0.0148. The van der Waals surface area contributed by atoms with Gasteiger partial charge in [-0.15, -0.1) is 11.3 Å². The van der Waals surface area contributed by atoms with Crippen molar-refractivity contribution in [3.8, 4) is 6.07 Å². The number of thiophene rings is 1. The molecule has 0 saturated carbocycles. The standard InChI is InChI=1S/C19H19ClN2OS/c20-14-10-8-13(9-11-14)4-3-7-18(23)22-19-16(12-21)15-5-1-2-6-17(15)24-19/h8-11H,1-7H2,(H,22,23). The van der Waals surface area contributed by atoms with Crippen LogP contribution >= 0.6 is 22.9 Å². The molecule has 0 fully saturated rings. The average molecular weight is 359 g/mol. The maximum Gasteiger partial charge on any atom is 0.225 e. The van der Waals surface area contributed by atoms with Crippen molar-refractivity contribution in [1.29, 1.82) is 5.26 Å². The summed E-state index contributed by atoms with van der Waals surface area (Å²) in [5.74, 6) is -0.0148. The molecule has 1 N–H and O–H groups in total. The molecule has 1 aliphatic rings. The molecule has 24 heavy (non-hydrogen) atoms. The highest BCUT2D eigenvalue weighted by Gasteiger charge is 2.21. The molecule has 0 spiro atoms. The van der Waals surface area contributed by atoms with E-state index in [4.69, 9.17) is 11.6 Å². The van der Waals surface area contributed by atoms with Crippen LogP contribution < -0.4 is 5.32 Å². The summed E-state index contributed by atoms with van der Waals surface area (Å²) in [6.07, 6.45) is 6.37. The summed E-state index contributed by atoms with van der Waals surface area (Å²) in [5, 5.41) is 13.8. The highest BCUT2D eigenvalue weighted by molar-refractivity contribution is 7.16. The fourth-order valence-corrected chi connectivity index (χ4v) is 4.45. The van der Waals surface area contributed by atoms with Gasteiger partial charge in [0.25, 0.3) is 0 Å². The normalized spacial score (nSPS) is 13.2. The number of halogens is 1. The van der Waals surface area contributed by atoms with Crippen molar-refractivity contribution in [2.24, 2.45) is 0 Å². The van der Waals surface area contributed by atoms with E-state index in [1.54, 1.807) is 11.3 Å². The highest BCUT2D eigenvalue weighted by Crippen LogP contribution is 2.37. The van der Waals surface area contributed by atoms with Crippen LogP contribution in [0.3, 0.4) is 0 Å². The van der Waals surface area contributed by atoms with Gasteiger partial charge in [-0.2, -0.15) is 5.26 Å². The summed E-state index contributed by atoms with van der Waals surface area (Å²) in [7, 11) is 0. The number of carbonyl (C=O) groups excluding carboxylic acids is 1. The second-order valence-electron chi connectivity index (χ2n) is 6.06. The zero-order chi connectivity index (χ0) is 16.9. The predicted octanol–water partition coefficient (Wildman–Crippen LogP) is 5.11. The van der Waals surface area contributed by atoms with E-state index in [9.17, 15) is 10.1 Å². The SMILES string of the molecule is N#Cc1c(NC(=O)CCCc2ccc(Cl)cc2)sc2c1CCCC2. The fraction of sp³-hybridized carbons (Fsp3) is 0.368. The Bertz CT molecular complexity index is 774. The van der Waals surface area contributed by atoms with E-state index in [-0.39, 0.29) is 5.91 Å². The Labute approximate surface area is 151 Å². The summed E-state index contributed by atoms with van der Waals surface area (Å²) >= 11 is 7.45. The quantitative estimate of drug-likeness (QED) is 0.807. The second kappa shape index (κ2) is 7.83. The van der Waals surface area contributed by atoms with Crippen LogP contribution in [0.1, 0.15) is 47.3 Å². The zero-order valence-electron chi connectivity index (χ0n) is 13.4. The van der Waals surface area contributed by atoms with Gasteiger partial charge in [-0.1, -0.05) is 23.7 Å². The molecule has 3 rings (SSSR count). The smallest absolute Gasteiger partial charge is 0.225 e. The Morgan fingerprint density at radius 2 is 2.00 bits per heavy atom. The molecule has 1 aromatic heterocycles. The van der Waals surface area contributed by atoms with Crippen molar-refractivity contribution in [2.75, 3.05) is 5.32 Å². The van der Waals surface area contributed by atoms with Gasteiger partial charge < -0.3 is 5.32 Å². The van der Waals surface area contributed by atoms with Gasteiger partial charge in [0.05, 0.1) is 5.56 Å². The van der Waals surface area contributed by atoms with Crippen molar-refractivity contribution in [1.82, 2.24) is 0 Å². The number of anilines is 1. The number of nitrogens with one attached hydrogen (secondary N) is 1. The van der Waals surface area contributed by atoms with Gasteiger partial charge in [0, 0.05) is 16.3 Å². The predicted molar refractivity (Wildman–Crippen MR) is 98.7 cm³/mol. The Morgan fingerprint density at radius 3 is 2.75 bits per heavy atom. The number of nitriles is 1. The molecule has 3 nitrogen and oxygen atoms in total. The van der Waals surface area contributed by atoms with E-state index in [1.807, 2.05) is 24.3 Å². The number of carbonyl (C=O) groups is 1. The molecule has 0 saturated heterocycles. The number of fused-ring (bicyclic) bond motifs is 1. The van der Waals surface area contributed by atoms with Crippen molar-refractivity contribution in [3.63, 3.8) is 0 Å². The van der Waals surface area contributed by atoms with Crippen LogP contribution in [0.2, 0.25) is 5.02 Å². The Balaban J connectivity index is 1.56. The molecule has 1 aromatic carbocycles. The lowest BCUT2D eigenvalue weighted by atomic mass is 9.96. The molecule has 1 aliphatic carbocycles. The lowest BCUT2D eigenvalue weighted by Gasteiger charge is -2.09. The minimum atomic E-state index is -0.0148. The molecule has 0 atom stereocenters. The van der Waals surface area contributed by atoms with Crippen LogP contribution in [-0.4, -0.2) is 5.91 Å². The monoisotopic (exact) mass is 358 g/mol. The highest BCUT2D eigenvalue weighted by atomic mass is 35.5. The largest absolute Gasteiger partial charge is 0.317 e. The van der Waals surface area contributed by atoms with Gasteiger partial charge in [0.1, 0.15) is 11.1 Å². The topological polar surface area (TPSA) is 52.9 Å². The number of rotatable bonds is 5. The number of hydrogen-bond donors (Lipinski definition) is 1. The van der Waals surface area contributed by atoms with Gasteiger partial charge in [-0.3, -0.25) is 4.79 Å². The Kier molecular flexibility index (Phi) is 5.55. The summed E-state index contributed by atoms with van der Waals surface area (Å²) in [6, 6.07) is 9.99. The van der Waals surface area contributed by atoms with E-state index < -0.39 is 0 Å². The number of benzene rings is 1. The molecule has 0 radical (unpaired) electrons. The number of amides is 1. The average Bonchev–Trinajstić information content (AvgIpc) is 2.93. The molecule has 1 heterocycles. The fourth-order valence-electron chi connectivity index (χ4n) is 3.07. The third-order valence-electron chi connectivity index (χ3n) is 4.32. The van der Waals surface area contributed by atoms with Crippen LogP contribution in [-0.2, 0) is 24.1 Å². The van der Waals surface area contributed by atoms with Crippen molar-refractivity contribution in [3.05, 3.63) is 50.9 Å².